The number of benzene rings is 2. The molecule has 0 aliphatic carbocycles. The molecule has 0 unspecified atom stereocenters. The van der Waals surface area contributed by atoms with Crippen molar-refractivity contribution in [3.05, 3.63) is 42.0 Å². The van der Waals surface area contributed by atoms with Crippen LogP contribution in [-0.4, -0.2) is 54.2 Å². The van der Waals surface area contributed by atoms with Crippen LogP contribution in [0.15, 0.2) is 36.4 Å². The lowest BCUT2D eigenvalue weighted by atomic mass is 9.96. The van der Waals surface area contributed by atoms with E-state index in [4.69, 9.17) is 32.7 Å². The monoisotopic (exact) mass is 524 g/mol. The largest absolute Gasteiger partial charge is 0.460 e. The Labute approximate surface area is 219 Å². The SMILES string of the molecule is CC(C)(C)OC(=O)C[C@H](Cc1cccc2c(N(CCCl)CCCl)cccc12)NC(=O)OC(C)(C)C. The van der Waals surface area contributed by atoms with Crippen molar-refractivity contribution in [3.63, 3.8) is 0 Å². The van der Waals surface area contributed by atoms with Gasteiger partial charge in [0.25, 0.3) is 0 Å². The van der Waals surface area contributed by atoms with Crippen LogP contribution >= 0.6 is 23.2 Å². The fourth-order valence-corrected chi connectivity index (χ4v) is 4.28. The summed E-state index contributed by atoms with van der Waals surface area (Å²) in [5.74, 6) is 0.602. The lowest BCUT2D eigenvalue weighted by Crippen LogP contribution is -2.42. The summed E-state index contributed by atoms with van der Waals surface area (Å²) in [6.45, 7) is 12.2. The van der Waals surface area contributed by atoms with Crippen LogP contribution in [-0.2, 0) is 20.7 Å². The average Bonchev–Trinajstić information content (AvgIpc) is 2.70. The first kappa shape index (κ1) is 29.1. The second-order valence-corrected chi connectivity index (χ2v) is 11.2. The second kappa shape index (κ2) is 12.7. The molecule has 1 N–H and O–H groups in total. The van der Waals surface area contributed by atoms with E-state index in [1.165, 1.54) is 0 Å². The standard InChI is InChI=1S/C27H38Cl2N2O4/c1-26(2,3)34-24(32)18-20(30-25(33)35-27(4,5)6)17-19-9-7-11-22-21(19)10-8-12-23(22)31(15-13-28)16-14-29/h7-12,20H,13-18H2,1-6H3,(H,30,33)/t20-/m0/s1. The van der Waals surface area contributed by atoms with Gasteiger partial charge in [-0.05, 0) is 65.0 Å². The van der Waals surface area contributed by atoms with E-state index in [0.29, 0.717) is 31.3 Å². The van der Waals surface area contributed by atoms with Crippen LogP contribution in [0.5, 0.6) is 0 Å². The molecule has 6 nitrogen and oxygen atoms in total. The summed E-state index contributed by atoms with van der Waals surface area (Å²) in [6.07, 6.45) is -0.107. The fraction of sp³-hybridized carbons (Fsp3) is 0.556. The summed E-state index contributed by atoms with van der Waals surface area (Å²) in [4.78, 5) is 27.4. The first-order chi connectivity index (χ1) is 16.3. The van der Waals surface area contributed by atoms with Gasteiger partial charge in [0, 0.05) is 42.0 Å². The minimum atomic E-state index is -0.650. The molecule has 0 aliphatic rings. The fourth-order valence-electron chi connectivity index (χ4n) is 3.87. The number of rotatable bonds is 10. The maximum atomic E-state index is 12.6. The molecule has 0 saturated carbocycles. The van der Waals surface area contributed by atoms with E-state index < -0.39 is 23.3 Å². The maximum absolute atomic E-state index is 12.6. The van der Waals surface area contributed by atoms with Crippen molar-refractivity contribution in [2.45, 2.75) is 71.6 Å². The Hall–Kier alpha value is -2.18. The van der Waals surface area contributed by atoms with Crippen LogP contribution in [0.4, 0.5) is 10.5 Å². The van der Waals surface area contributed by atoms with Gasteiger partial charge >= 0.3 is 12.1 Å². The van der Waals surface area contributed by atoms with Crippen LogP contribution in [0.1, 0.15) is 53.5 Å². The van der Waals surface area contributed by atoms with Crippen molar-refractivity contribution in [1.29, 1.82) is 0 Å². The summed E-state index contributed by atoms with van der Waals surface area (Å²) in [5, 5.41) is 4.98. The molecule has 1 atom stereocenters. The van der Waals surface area contributed by atoms with Gasteiger partial charge in [-0.2, -0.15) is 0 Å². The molecule has 2 aromatic carbocycles. The summed E-state index contributed by atoms with van der Waals surface area (Å²) < 4.78 is 11.0. The Morgan fingerprint density at radius 2 is 1.46 bits per heavy atom. The Balaban J connectivity index is 2.39. The van der Waals surface area contributed by atoms with E-state index in [1.807, 2.05) is 45.0 Å². The number of hydrogen-bond donors (Lipinski definition) is 1. The van der Waals surface area contributed by atoms with Crippen LogP contribution in [0, 0.1) is 0 Å². The molecule has 0 aliphatic heterocycles. The van der Waals surface area contributed by atoms with E-state index in [0.717, 1.165) is 22.0 Å². The van der Waals surface area contributed by atoms with E-state index in [9.17, 15) is 9.59 Å². The van der Waals surface area contributed by atoms with Gasteiger partial charge in [0.1, 0.15) is 11.2 Å². The Kier molecular flexibility index (Phi) is 10.5. The van der Waals surface area contributed by atoms with Crippen LogP contribution in [0.25, 0.3) is 10.8 Å². The van der Waals surface area contributed by atoms with Gasteiger partial charge < -0.3 is 19.7 Å². The van der Waals surface area contributed by atoms with Crippen LogP contribution in [0.3, 0.4) is 0 Å². The Bertz CT molecular complexity index is 963. The number of anilines is 1. The zero-order chi connectivity index (χ0) is 26.2. The minimum Gasteiger partial charge on any atom is -0.460 e. The number of nitrogens with one attached hydrogen (secondary N) is 1. The molecule has 0 saturated heterocycles. The van der Waals surface area contributed by atoms with Gasteiger partial charge in [-0.15, -0.1) is 23.2 Å². The molecule has 0 heterocycles. The number of fused-ring (bicyclic) bond motifs is 1. The lowest BCUT2D eigenvalue weighted by molar-refractivity contribution is -0.155. The smallest absolute Gasteiger partial charge is 0.407 e. The van der Waals surface area contributed by atoms with Gasteiger partial charge in [0.05, 0.1) is 6.42 Å². The lowest BCUT2D eigenvalue weighted by Gasteiger charge is -2.26. The third-order valence-corrected chi connectivity index (χ3v) is 5.40. The van der Waals surface area contributed by atoms with Gasteiger partial charge in [0.15, 0.2) is 0 Å². The predicted octanol–water partition coefficient (Wildman–Crippen LogP) is 6.29. The number of carbonyl (C=O) groups excluding carboxylic acids is 2. The molecule has 194 valence electrons. The summed E-state index contributed by atoms with van der Waals surface area (Å²) in [6, 6.07) is 11.7. The highest BCUT2D eigenvalue weighted by atomic mass is 35.5. The number of alkyl halides is 2. The van der Waals surface area contributed by atoms with E-state index in [2.05, 4.69) is 22.3 Å². The molecule has 8 heteroatoms. The van der Waals surface area contributed by atoms with Crippen molar-refractivity contribution >= 4 is 51.7 Å². The number of ether oxygens (including phenoxy) is 2. The van der Waals surface area contributed by atoms with Crippen LogP contribution in [0.2, 0.25) is 0 Å². The number of esters is 1. The molecule has 35 heavy (non-hydrogen) atoms. The predicted molar refractivity (Wildman–Crippen MR) is 145 cm³/mol. The summed E-state index contributed by atoms with van der Waals surface area (Å²) in [7, 11) is 0. The number of carbonyl (C=O) groups is 2. The third kappa shape index (κ3) is 9.77. The zero-order valence-electron chi connectivity index (χ0n) is 21.6. The second-order valence-electron chi connectivity index (χ2n) is 10.5. The molecule has 0 fully saturated rings. The topological polar surface area (TPSA) is 67.9 Å². The van der Waals surface area contributed by atoms with E-state index in [-0.39, 0.29) is 12.4 Å². The average molecular weight is 526 g/mol. The Morgan fingerprint density at radius 3 is 2.03 bits per heavy atom. The van der Waals surface area contributed by atoms with Gasteiger partial charge in [-0.25, -0.2) is 4.79 Å². The molecule has 1 amide bonds. The van der Waals surface area contributed by atoms with Crippen molar-refractivity contribution in [2.75, 3.05) is 29.7 Å². The molecule has 2 aromatic rings. The first-order valence-electron chi connectivity index (χ1n) is 11.9. The number of alkyl carbamates (subject to hydrolysis) is 1. The van der Waals surface area contributed by atoms with Crippen molar-refractivity contribution < 1.29 is 19.1 Å². The number of nitrogens with zero attached hydrogens (tertiary/aromatic N) is 1. The normalized spacial score (nSPS) is 12.8. The Morgan fingerprint density at radius 1 is 0.886 bits per heavy atom. The highest BCUT2D eigenvalue weighted by Crippen LogP contribution is 2.30. The summed E-state index contributed by atoms with van der Waals surface area (Å²) >= 11 is 12.1. The van der Waals surface area contributed by atoms with Crippen molar-refractivity contribution in [2.24, 2.45) is 0 Å². The first-order valence-corrected chi connectivity index (χ1v) is 13.0. The third-order valence-electron chi connectivity index (χ3n) is 5.06. The summed E-state index contributed by atoms with van der Waals surface area (Å²) in [5.41, 5.74) is 0.791. The van der Waals surface area contributed by atoms with E-state index in [1.54, 1.807) is 20.8 Å². The molecule has 2 rings (SSSR count). The zero-order valence-corrected chi connectivity index (χ0v) is 23.1. The quantitative estimate of drug-likeness (QED) is 0.292. The van der Waals surface area contributed by atoms with Gasteiger partial charge in [0.2, 0.25) is 0 Å². The molecule has 0 bridgehead atoms. The molecular weight excluding hydrogens is 487 g/mol. The number of amides is 1. The van der Waals surface area contributed by atoms with Gasteiger partial charge in [-0.3, -0.25) is 4.79 Å². The number of hydrogen-bond acceptors (Lipinski definition) is 5. The highest BCUT2D eigenvalue weighted by molar-refractivity contribution is 6.18. The van der Waals surface area contributed by atoms with Crippen molar-refractivity contribution in [1.82, 2.24) is 5.32 Å². The molecule has 0 spiro atoms. The van der Waals surface area contributed by atoms with Gasteiger partial charge in [-0.1, -0.05) is 30.3 Å². The van der Waals surface area contributed by atoms with E-state index >= 15 is 0 Å². The molecular formula is C27H38Cl2N2O4. The maximum Gasteiger partial charge on any atom is 0.407 e. The minimum absolute atomic E-state index is 0.0250. The van der Waals surface area contributed by atoms with Crippen molar-refractivity contribution in [3.8, 4) is 0 Å². The number of halogens is 2. The molecule has 0 aromatic heterocycles. The highest BCUT2D eigenvalue weighted by Gasteiger charge is 2.25. The van der Waals surface area contributed by atoms with Crippen LogP contribution < -0.4 is 10.2 Å². The molecule has 0 radical (unpaired) electrons.